The summed E-state index contributed by atoms with van der Waals surface area (Å²) in [7, 11) is 0. The van der Waals surface area contributed by atoms with Crippen LogP contribution in [0.3, 0.4) is 0 Å². The Kier molecular flexibility index (Phi) is 6.02. The van der Waals surface area contributed by atoms with Crippen molar-refractivity contribution in [3.8, 4) is 0 Å². The normalized spacial score (nSPS) is 11.0. The van der Waals surface area contributed by atoms with Gasteiger partial charge in [0.1, 0.15) is 6.54 Å². The van der Waals surface area contributed by atoms with Gasteiger partial charge in [-0.05, 0) is 66.0 Å². The summed E-state index contributed by atoms with van der Waals surface area (Å²) in [6, 6.07) is 0. The Balaban J connectivity index is 1.79. The first-order valence-corrected chi connectivity index (χ1v) is 9.05. The van der Waals surface area contributed by atoms with E-state index in [4.69, 9.17) is 0 Å². The first kappa shape index (κ1) is 18.2. The number of hydrogen-bond acceptors (Lipinski definition) is 3. The van der Waals surface area contributed by atoms with Crippen LogP contribution in [0.25, 0.3) is 0 Å². The lowest BCUT2D eigenvalue weighted by Crippen LogP contribution is -2.29. The van der Waals surface area contributed by atoms with Gasteiger partial charge in [-0.25, -0.2) is 0 Å². The quantitative estimate of drug-likeness (QED) is 0.693. The second kappa shape index (κ2) is 7.61. The minimum atomic E-state index is -0.0300. The van der Waals surface area contributed by atoms with Crippen LogP contribution >= 0.6 is 31.9 Å². The largest absolute Gasteiger partial charge is 0.354 e. The van der Waals surface area contributed by atoms with E-state index in [0.29, 0.717) is 6.54 Å². The van der Waals surface area contributed by atoms with Gasteiger partial charge in [0.05, 0.1) is 26.0 Å². The van der Waals surface area contributed by atoms with Crippen molar-refractivity contribution in [2.75, 3.05) is 6.54 Å². The van der Waals surface area contributed by atoms with Crippen molar-refractivity contribution in [2.45, 2.75) is 47.2 Å². The highest BCUT2D eigenvalue weighted by Crippen LogP contribution is 2.20. The summed E-state index contributed by atoms with van der Waals surface area (Å²) >= 11 is 6.98. The van der Waals surface area contributed by atoms with Crippen LogP contribution in [-0.2, 0) is 17.9 Å². The molecule has 2 aromatic heterocycles. The number of carbonyl (C=O) groups excluding carboxylic acids is 1. The van der Waals surface area contributed by atoms with E-state index in [2.05, 4.69) is 47.4 Å². The van der Waals surface area contributed by atoms with Crippen molar-refractivity contribution in [1.82, 2.24) is 24.9 Å². The molecular weight excluding hydrogens is 426 g/mol. The molecule has 1 amide bonds. The second-order valence-corrected chi connectivity index (χ2v) is 7.14. The Labute approximate surface area is 152 Å². The molecule has 0 spiro atoms. The molecule has 0 saturated carbocycles. The lowest BCUT2D eigenvalue weighted by molar-refractivity contribution is -0.121. The molecule has 126 valence electrons. The summed E-state index contributed by atoms with van der Waals surface area (Å²) in [6.07, 6.45) is 0.834. The summed E-state index contributed by atoms with van der Waals surface area (Å²) in [5.41, 5.74) is 3.96. The van der Waals surface area contributed by atoms with Crippen LogP contribution < -0.4 is 5.32 Å². The van der Waals surface area contributed by atoms with Gasteiger partial charge < -0.3 is 5.32 Å². The smallest absolute Gasteiger partial charge is 0.241 e. The zero-order valence-electron chi connectivity index (χ0n) is 13.8. The second-order valence-electron chi connectivity index (χ2n) is 5.55. The standard InChI is InChI=1S/C15H21Br2N5O/c1-9-14(16)11(3)21(19-9)7-5-6-18-13(23)8-22-12(4)15(17)10(2)20-22/h5-8H2,1-4H3,(H,18,23). The fourth-order valence-corrected chi connectivity index (χ4v) is 2.94. The van der Waals surface area contributed by atoms with Gasteiger partial charge in [0.15, 0.2) is 0 Å². The number of amides is 1. The van der Waals surface area contributed by atoms with E-state index >= 15 is 0 Å². The van der Waals surface area contributed by atoms with E-state index in [-0.39, 0.29) is 12.5 Å². The van der Waals surface area contributed by atoms with Crippen molar-refractivity contribution < 1.29 is 4.79 Å². The number of aryl methyl sites for hydroxylation is 3. The Bertz CT molecular complexity index is 720. The molecule has 23 heavy (non-hydrogen) atoms. The fraction of sp³-hybridized carbons (Fsp3) is 0.533. The molecular formula is C15H21Br2N5O. The van der Waals surface area contributed by atoms with E-state index in [1.807, 2.05) is 32.4 Å². The number of nitrogens with zero attached hydrogens (tertiary/aromatic N) is 4. The van der Waals surface area contributed by atoms with Crippen molar-refractivity contribution in [1.29, 1.82) is 0 Å². The lowest BCUT2D eigenvalue weighted by Gasteiger charge is -2.08. The summed E-state index contributed by atoms with van der Waals surface area (Å²) < 4.78 is 5.69. The Morgan fingerprint density at radius 1 is 1.00 bits per heavy atom. The average molecular weight is 447 g/mol. The van der Waals surface area contributed by atoms with Gasteiger partial charge in [0.2, 0.25) is 5.91 Å². The van der Waals surface area contributed by atoms with E-state index in [9.17, 15) is 4.79 Å². The van der Waals surface area contributed by atoms with Crippen LogP contribution in [0.1, 0.15) is 29.2 Å². The van der Waals surface area contributed by atoms with E-state index in [1.54, 1.807) is 4.68 Å². The molecule has 1 N–H and O–H groups in total. The molecule has 0 unspecified atom stereocenters. The number of aromatic nitrogens is 4. The number of carbonyl (C=O) groups is 1. The van der Waals surface area contributed by atoms with Crippen molar-refractivity contribution in [3.63, 3.8) is 0 Å². The van der Waals surface area contributed by atoms with Gasteiger partial charge in [-0.3, -0.25) is 14.2 Å². The van der Waals surface area contributed by atoms with Crippen molar-refractivity contribution in [3.05, 3.63) is 31.7 Å². The van der Waals surface area contributed by atoms with Gasteiger partial charge in [-0.15, -0.1) is 0 Å². The Morgan fingerprint density at radius 3 is 2.00 bits per heavy atom. The minimum Gasteiger partial charge on any atom is -0.354 e. The minimum absolute atomic E-state index is 0.0300. The highest BCUT2D eigenvalue weighted by molar-refractivity contribution is 9.10. The third kappa shape index (κ3) is 4.23. The number of rotatable bonds is 6. The maximum Gasteiger partial charge on any atom is 0.241 e. The molecule has 0 aliphatic heterocycles. The summed E-state index contributed by atoms with van der Waals surface area (Å²) in [6.45, 7) is 9.50. The van der Waals surface area contributed by atoms with E-state index < -0.39 is 0 Å². The number of nitrogens with one attached hydrogen (secondary N) is 1. The van der Waals surface area contributed by atoms with Crippen molar-refractivity contribution >= 4 is 37.8 Å². The molecule has 0 atom stereocenters. The molecule has 6 nitrogen and oxygen atoms in total. The number of halogens is 2. The summed E-state index contributed by atoms with van der Waals surface area (Å²) in [5.74, 6) is -0.0300. The van der Waals surface area contributed by atoms with Gasteiger partial charge in [0.25, 0.3) is 0 Å². The first-order chi connectivity index (χ1) is 10.8. The first-order valence-electron chi connectivity index (χ1n) is 7.47. The molecule has 2 aromatic rings. The predicted octanol–water partition coefficient (Wildman–Crippen LogP) is 3.04. The maximum absolute atomic E-state index is 12.0. The SMILES string of the molecule is Cc1nn(CCCNC(=O)Cn2nc(C)c(Br)c2C)c(C)c1Br. The molecule has 8 heteroatoms. The number of hydrogen-bond donors (Lipinski definition) is 1. The van der Waals surface area contributed by atoms with Gasteiger partial charge >= 0.3 is 0 Å². The van der Waals surface area contributed by atoms with Crippen LogP contribution in [-0.4, -0.2) is 32.0 Å². The van der Waals surface area contributed by atoms with Gasteiger partial charge in [0, 0.05) is 18.8 Å². The van der Waals surface area contributed by atoms with Crippen LogP contribution in [0.5, 0.6) is 0 Å². The topological polar surface area (TPSA) is 64.7 Å². The molecule has 0 saturated heterocycles. The van der Waals surface area contributed by atoms with E-state index in [0.717, 1.165) is 44.7 Å². The molecule has 0 bridgehead atoms. The van der Waals surface area contributed by atoms with Crippen LogP contribution in [0.2, 0.25) is 0 Å². The van der Waals surface area contributed by atoms with Gasteiger partial charge in [-0.2, -0.15) is 10.2 Å². The molecule has 2 rings (SSSR count). The van der Waals surface area contributed by atoms with Crippen LogP contribution in [0, 0.1) is 27.7 Å². The highest BCUT2D eigenvalue weighted by atomic mass is 79.9. The summed E-state index contributed by atoms with van der Waals surface area (Å²) in [5, 5.41) is 11.7. The Morgan fingerprint density at radius 2 is 1.52 bits per heavy atom. The highest BCUT2D eigenvalue weighted by Gasteiger charge is 2.12. The predicted molar refractivity (Wildman–Crippen MR) is 96.4 cm³/mol. The van der Waals surface area contributed by atoms with E-state index in [1.165, 1.54) is 0 Å². The third-order valence-electron chi connectivity index (χ3n) is 3.75. The average Bonchev–Trinajstić information content (AvgIpc) is 2.89. The van der Waals surface area contributed by atoms with Gasteiger partial charge in [-0.1, -0.05) is 0 Å². The molecule has 0 aliphatic rings. The monoisotopic (exact) mass is 445 g/mol. The Hall–Kier alpha value is -1.15. The zero-order chi connectivity index (χ0) is 17.1. The maximum atomic E-state index is 12.0. The molecule has 0 aliphatic carbocycles. The fourth-order valence-electron chi connectivity index (χ4n) is 2.37. The zero-order valence-corrected chi connectivity index (χ0v) is 17.0. The molecule has 0 fully saturated rings. The van der Waals surface area contributed by atoms with Crippen LogP contribution in [0.4, 0.5) is 0 Å². The molecule has 2 heterocycles. The molecule has 0 aromatic carbocycles. The van der Waals surface area contributed by atoms with Crippen molar-refractivity contribution in [2.24, 2.45) is 0 Å². The van der Waals surface area contributed by atoms with Crippen LogP contribution in [0.15, 0.2) is 8.95 Å². The third-order valence-corrected chi connectivity index (χ3v) is 6.04. The summed E-state index contributed by atoms with van der Waals surface area (Å²) in [4.78, 5) is 12.0. The molecule has 0 radical (unpaired) electrons. The lowest BCUT2D eigenvalue weighted by atomic mass is 10.3.